The van der Waals surface area contributed by atoms with Crippen LogP contribution in [0, 0.1) is 25.6 Å². The van der Waals surface area contributed by atoms with Crippen molar-refractivity contribution < 1.29 is 9.18 Å². The van der Waals surface area contributed by atoms with Crippen molar-refractivity contribution in [2.75, 3.05) is 24.5 Å². The largest absolute Gasteiger partial charge is 0.356 e. The molecule has 0 spiro atoms. The van der Waals surface area contributed by atoms with Crippen molar-refractivity contribution in [3.05, 3.63) is 52.4 Å². The third-order valence-electron chi connectivity index (χ3n) is 7.73. The van der Waals surface area contributed by atoms with Crippen LogP contribution in [-0.4, -0.2) is 35.5 Å². The Hall–Kier alpha value is -2.54. The fraction of sp³-hybridized carbons (Fsp3) is 0.500. The molecule has 1 amide bonds. The summed E-state index contributed by atoms with van der Waals surface area (Å²) in [6.45, 7) is 6.55. The summed E-state index contributed by atoms with van der Waals surface area (Å²) >= 11 is 1.72. The number of hydrogen-bond donors (Lipinski definition) is 1. The molecule has 1 N–H and O–H groups in total. The van der Waals surface area contributed by atoms with Crippen molar-refractivity contribution >= 4 is 33.3 Å². The zero-order valence-corrected chi connectivity index (χ0v) is 20.2. The van der Waals surface area contributed by atoms with Gasteiger partial charge in [-0.1, -0.05) is 25.0 Å². The molecule has 5 nitrogen and oxygen atoms in total. The van der Waals surface area contributed by atoms with E-state index in [1.807, 2.05) is 12.1 Å². The Morgan fingerprint density at radius 3 is 2.55 bits per heavy atom. The normalized spacial score (nSPS) is 18.7. The summed E-state index contributed by atoms with van der Waals surface area (Å²) in [5, 5.41) is 4.43. The predicted molar refractivity (Wildman–Crippen MR) is 131 cm³/mol. The van der Waals surface area contributed by atoms with E-state index in [1.165, 1.54) is 22.6 Å². The summed E-state index contributed by atoms with van der Waals surface area (Å²) in [7, 11) is 0. The Bertz CT molecular complexity index is 1150. The SMILES string of the molecule is Cc1sc2ncnc(N3CCC(C(=O)NCC4(c5ccc(F)cc5)CCCC4)CC3)c2c1C. The van der Waals surface area contributed by atoms with E-state index < -0.39 is 0 Å². The molecular weight excluding hydrogens is 435 g/mol. The van der Waals surface area contributed by atoms with Gasteiger partial charge in [0, 0.05) is 35.8 Å². The van der Waals surface area contributed by atoms with Crippen molar-refractivity contribution in [2.45, 2.75) is 57.8 Å². The summed E-state index contributed by atoms with van der Waals surface area (Å²) in [5.41, 5.74) is 2.34. The molecule has 2 aliphatic rings. The number of rotatable bonds is 5. The molecule has 1 saturated carbocycles. The molecule has 2 aromatic heterocycles. The van der Waals surface area contributed by atoms with E-state index in [-0.39, 0.29) is 23.1 Å². The molecular formula is C26H31FN4OS. The number of nitrogens with zero attached hydrogens (tertiary/aromatic N) is 3. The molecule has 0 unspecified atom stereocenters. The molecule has 2 fully saturated rings. The molecule has 5 rings (SSSR count). The van der Waals surface area contributed by atoms with Gasteiger partial charge in [-0.25, -0.2) is 14.4 Å². The van der Waals surface area contributed by atoms with Crippen LogP contribution in [0.2, 0.25) is 0 Å². The number of halogens is 1. The Morgan fingerprint density at radius 2 is 1.85 bits per heavy atom. The molecule has 0 radical (unpaired) electrons. The average molecular weight is 467 g/mol. The van der Waals surface area contributed by atoms with Crippen LogP contribution in [0.4, 0.5) is 10.2 Å². The predicted octanol–water partition coefficient (Wildman–Crippen LogP) is 5.29. The number of carbonyl (C=O) groups is 1. The van der Waals surface area contributed by atoms with Crippen LogP contribution in [-0.2, 0) is 10.2 Å². The van der Waals surface area contributed by atoms with Gasteiger partial charge in [0.2, 0.25) is 5.91 Å². The van der Waals surface area contributed by atoms with Gasteiger partial charge in [0.15, 0.2) is 0 Å². The number of aryl methyl sites for hydroxylation is 2. The first-order chi connectivity index (χ1) is 16.0. The molecule has 7 heteroatoms. The quantitative estimate of drug-likeness (QED) is 0.555. The first-order valence-electron chi connectivity index (χ1n) is 12.0. The van der Waals surface area contributed by atoms with E-state index in [0.29, 0.717) is 6.54 Å². The lowest BCUT2D eigenvalue weighted by molar-refractivity contribution is -0.125. The second-order valence-corrected chi connectivity index (χ2v) is 10.8. The number of carbonyl (C=O) groups excluding carboxylic acids is 1. The average Bonchev–Trinajstić information content (AvgIpc) is 3.43. The van der Waals surface area contributed by atoms with Gasteiger partial charge in [-0.2, -0.15) is 0 Å². The van der Waals surface area contributed by atoms with Crippen molar-refractivity contribution in [1.29, 1.82) is 0 Å². The number of fused-ring (bicyclic) bond motifs is 1. The highest BCUT2D eigenvalue weighted by atomic mass is 32.1. The first kappa shape index (κ1) is 22.3. The number of aromatic nitrogens is 2. The molecule has 3 heterocycles. The smallest absolute Gasteiger partial charge is 0.223 e. The maximum Gasteiger partial charge on any atom is 0.223 e. The van der Waals surface area contributed by atoms with Crippen molar-refractivity contribution in [3.8, 4) is 0 Å². The van der Waals surface area contributed by atoms with Gasteiger partial charge in [0.05, 0.1) is 5.39 Å². The van der Waals surface area contributed by atoms with E-state index in [4.69, 9.17) is 0 Å². The number of amides is 1. The third-order valence-corrected chi connectivity index (χ3v) is 8.84. The molecule has 3 aromatic rings. The fourth-order valence-corrected chi connectivity index (χ4v) is 6.57. The number of benzene rings is 1. The number of thiophene rings is 1. The zero-order chi connectivity index (χ0) is 23.0. The van der Waals surface area contributed by atoms with E-state index in [9.17, 15) is 9.18 Å². The fourth-order valence-electron chi connectivity index (χ4n) is 5.58. The van der Waals surface area contributed by atoms with Crippen molar-refractivity contribution in [3.63, 3.8) is 0 Å². The molecule has 33 heavy (non-hydrogen) atoms. The number of nitrogens with one attached hydrogen (secondary N) is 1. The minimum atomic E-state index is -0.212. The van der Waals surface area contributed by atoms with Crippen LogP contribution in [0.15, 0.2) is 30.6 Å². The number of hydrogen-bond acceptors (Lipinski definition) is 5. The molecule has 174 valence electrons. The van der Waals surface area contributed by atoms with Gasteiger partial charge in [-0.3, -0.25) is 4.79 Å². The van der Waals surface area contributed by atoms with Crippen LogP contribution in [0.25, 0.3) is 10.2 Å². The summed E-state index contributed by atoms with van der Waals surface area (Å²) in [5.74, 6) is 0.965. The van der Waals surface area contributed by atoms with Crippen molar-refractivity contribution in [1.82, 2.24) is 15.3 Å². The highest BCUT2D eigenvalue weighted by Crippen LogP contribution is 2.41. The van der Waals surface area contributed by atoms with Gasteiger partial charge in [0.25, 0.3) is 0 Å². The van der Waals surface area contributed by atoms with E-state index in [1.54, 1.807) is 17.7 Å². The topological polar surface area (TPSA) is 58.1 Å². The van der Waals surface area contributed by atoms with Crippen LogP contribution >= 0.6 is 11.3 Å². The Morgan fingerprint density at radius 1 is 1.15 bits per heavy atom. The maximum absolute atomic E-state index is 13.4. The second-order valence-electron chi connectivity index (χ2n) is 9.63. The molecule has 1 saturated heterocycles. The highest BCUT2D eigenvalue weighted by Gasteiger charge is 2.37. The molecule has 0 bridgehead atoms. The first-order valence-corrected chi connectivity index (χ1v) is 12.8. The van der Waals surface area contributed by atoms with Gasteiger partial charge in [-0.05, 0) is 62.8 Å². The van der Waals surface area contributed by atoms with E-state index in [0.717, 1.165) is 73.2 Å². The van der Waals surface area contributed by atoms with Crippen molar-refractivity contribution in [2.24, 2.45) is 5.92 Å². The summed E-state index contributed by atoms with van der Waals surface area (Å²) in [6, 6.07) is 6.85. The molecule has 1 aliphatic carbocycles. The summed E-state index contributed by atoms with van der Waals surface area (Å²) in [6.07, 6.45) is 7.69. The maximum atomic E-state index is 13.4. The van der Waals surface area contributed by atoms with Crippen LogP contribution in [0.5, 0.6) is 0 Å². The number of piperidine rings is 1. The minimum absolute atomic E-state index is 0.0237. The van der Waals surface area contributed by atoms with E-state index >= 15 is 0 Å². The Kier molecular flexibility index (Phi) is 6.08. The van der Waals surface area contributed by atoms with Gasteiger partial charge in [-0.15, -0.1) is 11.3 Å². The van der Waals surface area contributed by atoms with Crippen LogP contribution in [0.3, 0.4) is 0 Å². The standard InChI is InChI=1S/C26H31FN4OS/c1-17-18(2)33-25-22(17)23(29-16-30-25)31-13-9-19(10-14-31)24(32)28-15-26(11-3-4-12-26)20-5-7-21(27)8-6-20/h5-8,16,19H,3-4,9-15H2,1-2H3,(H,28,32). The van der Waals surface area contributed by atoms with Gasteiger partial charge >= 0.3 is 0 Å². The Balaban J connectivity index is 1.23. The monoisotopic (exact) mass is 466 g/mol. The van der Waals surface area contributed by atoms with Gasteiger partial charge in [0.1, 0.15) is 22.8 Å². The Labute approximate surface area is 198 Å². The third kappa shape index (κ3) is 4.23. The van der Waals surface area contributed by atoms with E-state index in [2.05, 4.69) is 34.0 Å². The zero-order valence-electron chi connectivity index (χ0n) is 19.4. The minimum Gasteiger partial charge on any atom is -0.356 e. The molecule has 0 atom stereocenters. The molecule has 1 aromatic carbocycles. The van der Waals surface area contributed by atoms with Crippen LogP contribution < -0.4 is 10.2 Å². The summed E-state index contributed by atoms with van der Waals surface area (Å²) < 4.78 is 13.4. The molecule has 1 aliphatic heterocycles. The number of anilines is 1. The summed E-state index contributed by atoms with van der Waals surface area (Å²) in [4.78, 5) is 26.8. The second kappa shape index (κ2) is 9.01. The lowest BCUT2D eigenvalue weighted by Gasteiger charge is -2.34. The lowest BCUT2D eigenvalue weighted by atomic mass is 9.78. The lowest BCUT2D eigenvalue weighted by Crippen LogP contribution is -2.45. The highest BCUT2D eigenvalue weighted by molar-refractivity contribution is 7.18. The van der Waals surface area contributed by atoms with Gasteiger partial charge < -0.3 is 10.2 Å². The van der Waals surface area contributed by atoms with Crippen LogP contribution in [0.1, 0.15) is 54.5 Å².